The Hall–Kier alpha value is -1.10. The molecule has 0 amide bonds. The lowest BCUT2D eigenvalue weighted by Crippen LogP contribution is -2.44. The number of anilines is 1. The molecule has 0 saturated carbocycles. The molecule has 1 saturated heterocycles. The van der Waals surface area contributed by atoms with Crippen LogP contribution in [0.1, 0.15) is 6.92 Å². The summed E-state index contributed by atoms with van der Waals surface area (Å²) in [4.78, 5) is 4.48. The maximum absolute atomic E-state index is 10.2. The van der Waals surface area contributed by atoms with E-state index in [4.69, 9.17) is 4.74 Å². The van der Waals surface area contributed by atoms with Gasteiger partial charge in [-0.05, 0) is 19.1 Å². The molecule has 1 aliphatic heterocycles. The van der Waals surface area contributed by atoms with Crippen LogP contribution in [0, 0.1) is 0 Å². The average molecular weight is 264 g/mol. The molecule has 0 spiro atoms. The summed E-state index contributed by atoms with van der Waals surface area (Å²) in [7, 11) is 0. The lowest BCUT2D eigenvalue weighted by Gasteiger charge is -2.31. The molecule has 106 valence electrons. The summed E-state index contributed by atoms with van der Waals surface area (Å²) in [5.41, 5.74) is 1.17. The summed E-state index contributed by atoms with van der Waals surface area (Å²) < 4.78 is 5.32. The van der Waals surface area contributed by atoms with Crippen LogP contribution in [-0.2, 0) is 4.74 Å². The van der Waals surface area contributed by atoms with Crippen molar-refractivity contribution in [2.75, 3.05) is 50.8 Å². The largest absolute Gasteiger partial charge is 0.390 e. The number of nitrogens with zero attached hydrogens (tertiary/aromatic N) is 2. The minimum absolute atomic E-state index is 0.321. The molecular weight excluding hydrogens is 240 g/mol. The molecule has 1 N–H and O–H groups in total. The third kappa shape index (κ3) is 4.49. The van der Waals surface area contributed by atoms with Gasteiger partial charge in [0.05, 0.1) is 19.3 Å². The molecule has 0 radical (unpaired) electrons. The molecule has 1 aromatic rings. The summed E-state index contributed by atoms with van der Waals surface area (Å²) >= 11 is 0. The molecule has 4 nitrogen and oxygen atoms in total. The van der Waals surface area contributed by atoms with E-state index >= 15 is 0 Å². The second-order valence-corrected chi connectivity index (χ2v) is 4.94. The highest BCUT2D eigenvalue weighted by molar-refractivity contribution is 5.45. The highest BCUT2D eigenvalue weighted by atomic mass is 16.5. The fraction of sp³-hybridized carbons (Fsp3) is 0.600. The minimum atomic E-state index is -0.321. The molecular formula is C15H24N2O2. The first-order chi connectivity index (χ1) is 9.29. The van der Waals surface area contributed by atoms with Crippen molar-refractivity contribution in [1.29, 1.82) is 0 Å². The molecule has 1 unspecified atom stereocenters. The molecule has 0 bridgehead atoms. The van der Waals surface area contributed by atoms with Gasteiger partial charge in [-0.3, -0.25) is 4.90 Å². The smallest absolute Gasteiger partial charge is 0.0841 e. The fourth-order valence-electron chi connectivity index (χ4n) is 2.45. The van der Waals surface area contributed by atoms with Gasteiger partial charge in [-0.25, -0.2) is 0 Å². The van der Waals surface area contributed by atoms with E-state index in [9.17, 15) is 5.11 Å². The Morgan fingerprint density at radius 2 is 1.95 bits per heavy atom. The Morgan fingerprint density at radius 3 is 2.58 bits per heavy atom. The number of benzene rings is 1. The normalized spacial score (nSPS) is 18.2. The molecule has 1 fully saturated rings. The standard InChI is InChI=1S/C15H24N2O2/c1-2-17(14-6-4-3-5-7-14)13-15(18)12-16-8-10-19-11-9-16/h3-7,15,18H,2,8-13H2,1H3. The predicted molar refractivity (Wildman–Crippen MR) is 77.6 cm³/mol. The number of aliphatic hydroxyl groups is 1. The Labute approximate surface area is 115 Å². The summed E-state index contributed by atoms with van der Waals surface area (Å²) in [6, 6.07) is 10.3. The van der Waals surface area contributed by atoms with Crippen LogP contribution in [0.2, 0.25) is 0 Å². The van der Waals surface area contributed by atoms with E-state index in [2.05, 4.69) is 28.9 Å². The number of hydrogen-bond acceptors (Lipinski definition) is 4. The highest BCUT2D eigenvalue weighted by Gasteiger charge is 2.17. The summed E-state index contributed by atoms with van der Waals surface area (Å²) in [5, 5.41) is 10.2. The van der Waals surface area contributed by atoms with Gasteiger partial charge in [-0.2, -0.15) is 0 Å². The number of para-hydroxylation sites is 1. The Kier molecular flexibility index (Phi) is 5.63. The molecule has 0 aliphatic carbocycles. The number of rotatable bonds is 6. The Morgan fingerprint density at radius 1 is 1.26 bits per heavy atom. The summed E-state index contributed by atoms with van der Waals surface area (Å²) in [6.45, 7) is 7.85. The monoisotopic (exact) mass is 264 g/mol. The van der Waals surface area contributed by atoms with E-state index in [0.717, 1.165) is 39.4 Å². The number of aliphatic hydroxyl groups excluding tert-OH is 1. The van der Waals surface area contributed by atoms with Crippen molar-refractivity contribution in [3.05, 3.63) is 30.3 Å². The van der Waals surface area contributed by atoms with Crippen LogP contribution >= 0.6 is 0 Å². The zero-order valence-electron chi connectivity index (χ0n) is 11.7. The maximum Gasteiger partial charge on any atom is 0.0841 e. The van der Waals surface area contributed by atoms with Crippen molar-refractivity contribution in [2.45, 2.75) is 13.0 Å². The fourth-order valence-corrected chi connectivity index (χ4v) is 2.45. The number of hydrogen-bond donors (Lipinski definition) is 1. The maximum atomic E-state index is 10.2. The lowest BCUT2D eigenvalue weighted by atomic mass is 10.2. The van der Waals surface area contributed by atoms with Gasteiger partial charge in [-0.1, -0.05) is 18.2 Å². The van der Waals surface area contributed by atoms with Crippen LogP contribution in [0.5, 0.6) is 0 Å². The van der Waals surface area contributed by atoms with Crippen molar-refractivity contribution in [3.63, 3.8) is 0 Å². The topological polar surface area (TPSA) is 35.9 Å². The molecule has 1 heterocycles. The Bertz CT molecular complexity index is 352. The van der Waals surface area contributed by atoms with Crippen molar-refractivity contribution in [3.8, 4) is 0 Å². The SMILES string of the molecule is CCN(CC(O)CN1CCOCC1)c1ccccc1. The van der Waals surface area contributed by atoms with Gasteiger partial charge in [0, 0.05) is 38.4 Å². The van der Waals surface area contributed by atoms with Gasteiger partial charge >= 0.3 is 0 Å². The van der Waals surface area contributed by atoms with Gasteiger partial charge < -0.3 is 14.7 Å². The van der Waals surface area contributed by atoms with Crippen LogP contribution in [-0.4, -0.2) is 62.0 Å². The third-order valence-corrected chi connectivity index (χ3v) is 3.51. The second-order valence-electron chi connectivity index (χ2n) is 4.94. The van der Waals surface area contributed by atoms with Gasteiger partial charge in [0.25, 0.3) is 0 Å². The minimum Gasteiger partial charge on any atom is -0.390 e. The third-order valence-electron chi connectivity index (χ3n) is 3.51. The van der Waals surface area contributed by atoms with Crippen LogP contribution in [0.15, 0.2) is 30.3 Å². The highest BCUT2D eigenvalue weighted by Crippen LogP contribution is 2.13. The number of β-amino-alcohol motifs (C(OH)–C–C–N with tert-alkyl or cyclic N) is 1. The number of likely N-dealkylation sites (N-methyl/N-ethyl adjacent to an activating group) is 1. The van der Waals surface area contributed by atoms with Crippen LogP contribution < -0.4 is 4.90 Å². The molecule has 2 rings (SSSR count). The van der Waals surface area contributed by atoms with E-state index < -0.39 is 0 Å². The van der Waals surface area contributed by atoms with E-state index in [1.54, 1.807) is 0 Å². The Balaban J connectivity index is 1.84. The van der Waals surface area contributed by atoms with Crippen molar-refractivity contribution < 1.29 is 9.84 Å². The van der Waals surface area contributed by atoms with Crippen molar-refractivity contribution in [1.82, 2.24) is 4.90 Å². The van der Waals surface area contributed by atoms with Crippen LogP contribution in [0.25, 0.3) is 0 Å². The van der Waals surface area contributed by atoms with Gasteiger partial charge in [0.2, 0.25) is 0 Å². The summed E-state index contributed by atoms with van der Waals surface area (Å²) in [6.07, 6.45) is -0.321. The lowest BCUT2D eigenvalue weighted by molar-refractivity contribution is 0.0161. The van der Waals surface area contributed by atoms with Crippen LogP contribution in [0.3, 0.4) is 0 Å². The number of ether oxygens (including phenoxy) is 1. The zero-order chi connectivity index (χ0) is 13.5. The quantitative estimate of drug-likeness (QED) is 0.838. The van der Waals surface area contributed by atoms with Gasteiger partial charge in [-0.15, -0.1) is 0 Å². The average Bonchev–Trinajstić information content (AvgIpc) is 2.47. The first-order valence-electron chi connectivity index (χ1n) is 7.07. The van der Waals surface area contributed by atoms with E-state index in [1.807, 2.05) is 18.2 Å². The van der Waals surface area contributed by atoms with Gasteiger partial charge in [0.1, 0.15) is 0 Å². The van der Waals surface area contributed by atoms with Crippen LogP contribution in [0.4, 0.5) is 5.69 Å². The predicted octanol–water partition coefficient (Wildman–Crippen LogP) is 1.21. The summed E-state index contributed by atoms with van der Waals surface area (Å²) in [5.74, 6) is 0. The van der Waals surface area contributed by atoms with E-state index in [0.29, 0.717) is 6.54 Å². The van der Waals surface area contributed by atoms with E-state index in [-0.39, 0.29) is 6.10 Å². The van der Waals surface area contributed by atoms with Crippen molar-refractivity contribution in [2.24, 2.45) is 0 Å². The second kappa shape index (κ2) is 7.48. The molecule has 1 aromatic carbocycles. The van der Waals surface area contributed by atoms with E-state index in [1.165, 1.54) is 5.69 Å². The molecule has 1 aliphatic rings. The first kappa shape index (κ1) is 14.3. The molecule has 1 atom stereocenters. The number of morpholine rings is 1. The molecule has 19 heavy (non-hydrogen) atoms. The molecule has 4 heteroatoms. The van der Waals surface area contributed by atoms with Crippen molar-refractivity contribution >= 4 is 5.69 Å². The zero-order valence-corrected chi connectivity index (χ0v) is 11.7. The van der Waals surface area contributed by atoms with Gasteiger partial charge in [0.15, 0.2) is 0 Å². The first-order valence-corrected chi connectivity index (χ1v) is 7.07. The molecule has 0 aromatic heterocycles.